The van der Waals surface area contributed by atoms with Crippen LogP contribution in [0.2, 0.25) is 0 Å². The molecule has 0 aliphatic heterocycles. The molecule has 1 fully saturated rings. The molecular formula is C12H25NO. The third kappa shape index (κ3) is 3.25. The summed E-state index contributed by atoms with van der Waals surface area (Å²) in [4.78, 5) is 0. The van der Waals surface area contributed by atoms with E-state index in [4.69, 9.17) is 0 Å². The van der Waals surface area contributed by atoms with Gasteiger partial charge in [0.15, 0.2) is 0 Å². The van der Waals surface area contributed by atoms with Crippen molar-refractivity contribution in [3.63, 3.8) is 0 Å². The lowest BCUT2D eigenvalue weighted by Gasteiger charge is -2.31. The Hall–Kier alpha value is -0.0800. The average Bonchev–Trinajstić information content (AvgIpc) is 2.67. The Morgan fingerprint density at radius 3 is 2.50 bits per heavy atom. The van der Waals surface area contributed by atoms with Gasteiger partial charge in [-0.1, -0.05) is 19.8 Å². The van der Waals surface area contributed by atoms with E-state index in [0.717, 1.165) is 13.0 Å². The van der Waals surface area contributed by atoms with Gasteiger partial charge < -0.3 is 10.4 Å². The van der Waals surface area contributed by atoms with E-state index in [1.54, 1.807) is 0 Å². The van der Waals surface area contributed by atoms with Crippen molar-refractivity contribution in [1.82, 2.24) is 5.32 Å². The maximum absolute atomic E-state index is 10.3. The maximum atomic E-state index is 10.3. The molecule has 1 rings (SSSR count). The van der Waals surface area contributed by atoms with Crippen molar-refractivity contribution in [1.29, 1.82) is 0 Å². The summed E-state index contributed by atoms with van der Waals surface area (Å²) < 4.78 is 0. The van der Waals surface area contributed by atoms with Crippen LogP contribution in [0.4, 0.5) is 0 Å². The Morgan fingerprint density at radius 2 is 2.00 bits per heavy atom. The minimum absolute atomic E-state index is 0.500. The molecule has 84 valence electrons. The molecule has 0 saturated heterocycles. The summed E-state index contributed by atoms with van der Waals surface area (Å²) in [6.45, 7) is 7.07. The van der Waals surface area contributed by atoms with E-state index in [2.05, 4.69) is 19.2 Å². The Balaban J connectivity index is 2.32. The molecule has 2 nitrogen and oxygen atoms in total. The number of aliphatic hydroxyl groups is 1. The fourth-order valence-electron chi connectivity index (χ4n) is 2.22. The smallest absolute Gasteiger partial charge is 0.0771 e. The number of hydrogen-bond acceptors (Lipinski definition) is 2. The topological polar surface area (TPSA) is 32.3 Å². The quantitative estimate of drug-likeness (QED) is 0.712. The van der Waals surface area contributed by atoms with E-state index in [0.29, 0.717) is 12.0 Å². The molecule has 1 saturated carbocycles. The molecule has 0 bridgehead atoms. The van der Waals surface area contributed by atoms with Crippen molar-refractivity contribution in [3.8, 4) is 0 Å². The zero-order chi connectivity index (χ0) is 10.6. The van der Waals surface area contributed by atoms with Crippen molar-refractivity contribution in [3.05, 3.63) is 0 Å². The highest BCUT2D eigenvalue weighted by atomic mass is 16.3. The summed E-state index contributed by atoms with van der Waals surface area (Å²) in [5.41, 5.74) is -0.500. The molecular weight excluding hydrogens is 174 g/mol. The first-order valence-electron chi connectivity index (χ1n) is 6.02. The predicted octanol–water partition coefficient (Wildman–Crippen LogP) is 2.32. The largest absolute Gasteiger partial charge is 0.389 e. The van der Waals surface area contributed by atoms with Gasteiger partial charge in [0.25, 0.3) is 0 Å². The molecule has 0 aromatic carbocycles. The molecule has 2 atom stereocenters. The first kappa shape index (κ1) is 12.0. The number of hydrogen-bond donors (Lipinski definition) is 2. The van der Waals surface area contributed by atoms with Crippen molar-refractivity contribution >= 4 is 0 Å². The highest BCUT2D eigenvalue weighted by Crippen LogP contribution is 2.33. The Labute approximate surface area is 88.1 Å². The van der Waals surface area contributed by atoms with E-state index < -0.39 is 5.60 Å². The molecule has 1 aliphatic carbocycles. The third-order valence-corrected chi connectivity index (χ3v) is 3.66. The van der Waals surface area contributed by atoms with Crippen LogP contribution >= 0.6 is 0 Å². The first-order chi connectivity index (χ1) is 6.56. The van der Waals surface area contributed by atoms with Crippen LogP contribution < -0.4 is 5.32 Å². The number of rotatable bonds is 5. The van der Waals surface area contributed by atoms with Crippen LogP contribution in [0.15, 0.2) is 0 Å². The highest BCUT2D eigenvalue weighted by Gasteiger charge is 2.33. The van der Waals surface area contributed by atoms with Crippen LogP contribution in [0.25, 0.3) is 0 Å². The van der Waals surface area contributed by atoms with Crippen molar-refractivity contribution in [2.75, 3.05) is 6.54 Å². The molecule has 0 spiro atoms. The SMILES string of the molecule is CCC(C)NCC(C)(O)C1CCCC1. The van der Waals surface area contributed by atoms with Gasteiger partial charge in [-0.2, -0.15) is 0 Å². The van der Waals surface area contributed by atoms with Gasteiger partial charge in [-0.05, 0) is 39.0 Å². The zero-order valence-corrected chi connectivity index (χ0v) is 9.84. The monoisotopic (exact) mass is 199 g/mol. The van der Waals surface area contributed by atoms with E-state index in [1.165, 1.54) is 25.7 Å². The van der Waals surface area contributed by atoms with Gasteiger partial charge in [0.2, 0.25) is 0 Å². The molecule has 2 heteroatoms. The highest BCUT2D eigenvalue weighted by molar-refractivity contribution is 4.87. The van der Waals surface area contributed by atoms with Crippen molar-refractivity contribution < 1.29 is 5.11 Å². The summed E-state index contributed by atoms with van der Waals surface area (Å²) in [5, 5.41) is 13.7. The molecule has 0 radical (unpaired) electrons. The fourth-order valence-corrected chi connectivity index (χ4v) is 2.22. The fraction of sp³-hybridized carbons (Fsp3) is 1.00. The van der Waals surface area contributed by atoms with Gasteiger partial charge in [-0.3, -0.25) is 0 Å². The van der Waals surface area contributed by atoms with Crippen LogP contribution in [0.1, 0.15) is 52.9 Å². The molecule has 14 heavy (non-hydrogen) atoms. The molecule has 0 heterocycles. The van der Waals surface area contributed by atoms with Gasteiger partial charge >= 0.3 is 0 Å². The van der Waals surface area contributed by atoms with E-state index in [-0.39, 0.29) is 0 Å². The number of nitrogens with one attached hydrogen (secondary N) is 1. The van der Waals surface area contributed by atoms with Crippen LogP contribution in [-0.2, 0) is 0 Å². The summed E-state index contributed by atoms with van der Waals surface area (Å²) >= 11 is 0. The third-order valence-electron chi connectivity index (χ3n) is 3.66. The normalized spacial score (nSPS) is 24.9. The van der Waals surface area contributed by atoms with Crippen LogP contribution in [0.5, 0.6) is 0 Å². The average molecular weight is 199 g/mol. The van der Waals surface area contributed by atoms with E-state index >= 15 is 0 Å². The van der Waals surface area contributed by atoms with Gasteiger partial charge in [0.1, 0.15) is 0 Å². The molecule has 0 amide bonds. The summed E-state index contributed by atoms with van der Waals surface area (Å²) in [6.07, 6.45) is 6.12. The molecule has 2 N–H and O–H groups in total. The minimum atomic E-state index is -0.500. The zero-order valence-electron chi connectivity index (χ0n) is 9.84. The minimum Gasteiger partial charge on any atom is -0.389 e. The summed E-state index contributed by atoms with van der Waals surface area (Å²) in [5.74, 6) is 0.513. The van der Waals surface area contributed by atoms with Crippen molar-refractivity contribution in [2.45, 2.75) is 64.5 Å². The Morgan fingerprint density at radius 1 is 1.43 bits per heavy atom. The lowest BCUT2D eigenvalue weighted by atomic mass is 9.87. The van der Waals surface area contributed by atoms with E-state index in [9.17, 15) is 5.11 Å². The summed E-state index contributed by atoms with van der Waals surface area (Å²) in [6, 6.07) is 0.517. The van der Waals surface area contributed by atoms with E-state index in [1.807, 2.05) is 6.92 Å². The standard InChI is InChI=1S/C12H25NO/c1-4-10(2)13-9-12(3,14)11-7-5-6-8-11/h10-11,13-14H,4-9H2,1-3H3. The second kappa shape index (κ2) is 5.13. The molecule has 1 aliphatic rings. The van der Waals surface area contributed by atoms with Gasteiger partial charge in [0, 0.05) is 12.6 Å². The first-order valence-corrected chi connectivity index (χ1v) is 6.02. The molecule has 0 aromatic heterocycles. The van der Waals surface area contributed by atoms with Crippen LogP contribution in [0, 0.1) is 5.92 Å². The lowest BCUT2D eigenvalue weighted by Crippen LogP contribution is -2.45. The second-order valence-corrected chi connectivity index (χ2v) is 5.03. The lowest BCUT2D eigenvalue weighted by molar-refractivity contribution is 0.000477. The van der Waals surface area contributed by atoms with Crippen molar-refractivity contribution in [2.24, 2.45) is 5.92 Å². The van der Waals surface area contributed by atoms with Gasteiger partial charge in [-0.15, -0.1) is 0 Å². The van der Waals surface area contributed by atoms with Crippen LogP contribution in [0.3, 0.4) is 0 Å². The summed E-state index contributed by atoms with van der Waals surface area (Å²) in [7, 11) is 0. The second-order valence-electron chi connectivity index (χ2n) is 5.03. The Kier molecular flexibility index (Phi) is 4.39. The maximum Gasteiger partial charge on any atom is 0.0771 e. The molecule has 2 unspecified atom stereocenters. The predicted molar refractivity (Wildman–Crippen MR) is 60.3 cm³/mol. The van der Waals surface area contributed by atoms with Gasteiger partial charge in [-0.25, -0.2) is 0 Å². The van der Waals surface area contributed by atoms with Crippen LogP contribution in [-0.4, -0.2) is 23.3 Å². The van der Waals surface area contributed by atoms with Gasteiger partial charge in [0.05, 0.1) is 5.60 Å². The molecule has 0 aromatic rings. The Bertz CT molecular complexity index is 162.